The van der Waals surface area contributed by atoms with Crippen molar-refractivity contribution in [3.63, 3.8) is 0 Å². The molecular formula is C10H14ClN3. The van der Waals surface area contributed by atoms with Crippen molar-refractivity contribution < 1.29 is 0 Å². The van der Waals surface area contributed by atoms with Gasteiger partial charge in [0.1, 0.15) is 5.15 Å². The second-order valence-corrected chi connectivity index (χ2v) is 4.13. The Hall–Kier alpha value is -0.640. The summed E-state index contributed by atoms with van der Waals surface area (Å²) in [7, 11) is 0. The van der Waals surface area contributed by atoms with Crippen LogP contribution in [0.25, 0.3) is 0 Å². The summed E-state index contributed by atoms with van der Waals surface area (Å²) in [5.74, 6) is 5.87. The van der Waals surface area contributed by atoms with Gasteiger partial charge in [0.15, 0.2) is 0 Å². The van der Waals surface area contributed by atoms with Gasteiger partial charge in [-0.05, 0) is 37.0 Å². The van der Waals surface area contributed by atoms with Gasteiger partial charge in [-0.2, -0.15) is 0 Å². The largest absolute Gasteiger partial charge is 0.268 e. The van der Waals surface area contributed by atoms with Crippen molar-refractivity contribution in [2.75, 3.05) is 6.54 Å². The Morgan fingerprint density at radius 3 is 3.00 bits per heavy atom. The number of nitrogens with zero attached hydrogens (tertiary/aromatic N) is 2. The van der Waals surface area contributed by atoms with Crippen LogP contribution >= 0.6 is 11.6 Å². The molecule has 2 heterocycles. The number of halogens is 1. The lowest BCUT2D eigenvalue weighted by Crippen LogP contribution is -2.30. The first-order chi connectivity index (χ1) is 6.68. The first-order valence-corrected chi connectivity index (χ1v) is 5.19. The Labute approximate surface area is 88.8 Å². The fourth-order valence-electron chi connectivity index (χ4n) is 1.91. The lowest BCUT2D eigenvalue weighted by atomic mass is 10.1. The van der Waals surface area contributed by atoms with Crippen molar-refractivity contribution in [1.29, 1.82) is 0 Å². The van der Waals surface area contributed by atoms with Gasteiger partial charge in [0.25, 0.3) is 0 Å². The van der Waals surface area contributed by atoms with Gasteiger partial charge in [-0.15, -0.1) is 0 Å². The highest BCUT2D eigenvalue weighted by Gasteiger charge is 2.23. The molecule has 2 N–H and O–H groups in total. The zero-order valence-corrected chi connectivity index (χ0v) is 8.96. The van der Waals surface area contributed by atoms with E-state index in [0.717, 1.165) is 24.9 Å². The van der Waals surface area contributed by atoms with Crippen LogP contribution in [-0.2, 0) is 0 Å². The summed E-state index contributed by atoms with van der Waals surface area (Å²) in [4.78, 5) is 4.14. The van der Waals surface area contributed by atoms with E-state index in [2.05, 4.69) is 11.1 Å². The minimum atomic E-state index is 0.318. The molecule has 0 bridgehead atoms. The fraction of sp³-hybridized carbons (Fsp3) is 0.500. The fourth-order valence-corrected chi connectivity index (χ4v) is 2.01. The molecule has 0 unspecified atom stereocenters. The highest BCUT2D eigenvalue weighted by Crippen LogP contribution is 2.29. The van der Waals surface area contributed by atoms with E-state index < -0.39 is 0 Å². The molecule has 14 heavy (non-hydrogen) atoms. The topological polar surface area (TPSA) is 42.1 Å². The molecule has 1 saturated heterocycles. The van der Waals surface area contributed by atoms with Crippen LogP contribution in [0.5, 0.6) is 0 Å². The molecule has 1 atom stereocenters. The Balaban J connectivity index is 2.28. The molecule has 4 heteroatoms. The lowest BCUT2D eigenvalue weighted by Gasteiger charge is -2.19. The van der Waals surface area contributed by atoms with E-state index in [1.54, 1.807) is 0 Å². The number of aromatic nitrogens is 1. The zero-order chi connectivity index (χ0) is 10.1. The van der Waals surface area contributed by atoms with E-state index in [1.807, 2.05) is 18.1 Å². The number of pyridine rings is 1. The van der Waals surface area contributed by atoms with Gasteiger partial charge in [-0.25, -0.2) is 9.99 Å². The SMILES string of the molecule is Cc1cc([C@@H]2CCCN2N)cnc1Cl. The Kier molecular flexibility index (Phi) is 2.72. The average molecular weight is 212 g/mol. The molecule has 0 aliphatic carbocycles. The third-order valence-corrected chi connectivity index (χ3v) is 3.11. The maximum absolute atomic E-state index is 5.87. The summed E-state index contributed by atoms with van der Waals surface area (Å²) in [5.41, 5.74) is 2.19. The second kappa shape index (κ2) is 3.85. The molecule has 3 nitrogen and oxygen atoms in total. The molecule has 76 valence electrons. The highest BCUT2D eigenvalue weighted by atomic mass is 35.5. The van der Waals surface area contributed by atoms with Crippen LogP contribution in [0.1, 0.15) is 30.0 Å². The van der Waals surface area contributed by atoms with E-state index in [9.17, 15) is 0 Å². The molecule has 1 aliphatic rings. The van der Waals surface area contributed by atoms with Crippen LogP contribution < -0.4 is 5.84 Å². The van der Waals surface area contributed by atoms with Crippen molar-refractivity contribution in [3.8, 4) is 0 Å². The lowest BCUT2D eigenvalue weighted by molar-refractivity contribution is 0.265. The van der Waals surface area contributed by atoms with Gasteiger partial charge in [0.2, 0.25) is 0 Å². The molecular weight excluding hydrogens is 198 g/mol. The smallest absolute Gasteiger partial charge is 0.131 e. The van der Waals surface area contributed by atoms with Gasteiger partial charge in [0.05, 0.1) is 6.04 Å². The van der Waals surface area contributed by atoms with E-state index in [1.165, 1.54) is 5.56 Å². The third kappa shape index (κ3) is 1.75. The van der Waals surface area contributed by atoms with Crippen molar-refractivity contribution in [2.24, 2.45) is 5.84 Å². The molecule has 0 spiro atoms. The summed E-state index contributed by atoms with van der Waals surface area (Å²) in [6, 6.07) is 2.39. The van der Waals surface area contributed by atoms with Crippen molar-refractivity contribution in [2.45, 2.75) is 25.8 Å². The van der Waals surface area contributed by atoms with E-state index in [-0.39, 0.29) is 0 Å². The number of hydrogen-bond donors (Lipinski definition) is 1. The van der Waals surface area contributed by atoms with Crippen molar-refractivity contribution in [1.82, 2.24) is 9.99 Å². The van der Waals surface area contributed by atoms with Crippen LogP contribution in [0.2, 0.25) is 5.15 Å². The first kappa shape index (κ1) is 9.90. The Morgan fingerprint density at radius 2 is 2.43 bits per heavy atom. The third-order valence-electron chi connectivity index (χ3n) is 2.71. The number of aryl methyl sites for hydroxylation is 1. The van der Waals surface area contributed by atoms with Crippen molar-refractivity contribution >= 4 is 11.6 Å². The number of rotatable bonds is 1. The zero-order valence-electron chi connectivity index (χ0n) is 8.20. The van der Waals surface area contributed by atoms with Gasteiger partial charge < -0.3 is 0 Å². The summed E-state index contributed by atoms with van der Waals surface area (Å²) in [6.45, 7) is 2.93. The standard InChI is InChI=1S/C10H14ClN3/c1-7-5-8(6-13-10(7)11)9-3-2-4-14(9)12/h5-6,9H,2-4,12H2,1H3/t9-/m0/s1. The van der Waals surface area contributed by atoms with Crippen LogP contribution in [0.15, 0.2) is 12.3 Å². The van der Waals surface area contributed by atoms with Gasteiger partial charge in [-0.3, -0.25) is 5.84 Å². The van der Waals surface area contributed by atoms with Gasteiger partial charge in [0, 0.05) is 12.7 Å². The second-order valence-electron chi connectivity index (χ2n) is 3.77. The molecule has 1 aromatic heterocycles. The summed E-state index contributed by atoms with van der Waals surface area (Å²) >= 11 is 5.87. The minimum Gasteiger partial charge on any atom is -0.268 e. The predicted molar refractivity (Wildman–Crippen MR) is 56.9 cm³/mol. The molecule has 0 saturated carbocycles. The molecule has 2 rings (SSSR count). The maximum atomic E-state index is 5.87. The van der Waals surface area contributed by atoms with Gasteiger partial charge >= 0.3 is 0 Å². The summed E-state index contributed by atoms with van der Waals surface area (Å²) in [6.07, 6.45) is 4.09. The first-order valence-electron chi connectivity index (χ1n) is 4.82. The van der Waals surface area contributed by atoms with Crippen LogP contribution in [-0.4, -0.2) is 16.5 Å². The van der Waals surface area contributed by atoms with Crippen LogP contribution in [0.4, 0.5) is 0 Å². The molecule has 0 amide bonds. The maximum Gasteiger partial charge on any atom is 0.131 e. The predicted octanol–water partition coefficient (Wildman–Crippen LogP) is 2.05. The van der Waals surface area contributed by atoms with Crippen LogP contribution in [0, 0.1) is 6.92 Å². The molecule has 0 aromatic carbocycles. The quantitative estimate of drug-likeness (QED) is 0.571. The molecule has 1 fully saturated rings. The highest BCUT2D eigenvalue weighted by molar-refractivity contribution is 6.30. The Bertz CT molecular complexity index is 340. The number of hydrazine groups is 1. The number of nitrogens with two attached hydrogens (primary N) is 1. The van der Waals surface area contributed by atoms with Gasteiger partial charge in [-0.1, -0.05) is 11.6 Å². The normalized spacial score (nSPS) is 22.9. The minimum absolute atomic E-state index is 0.318. The van der Waals surface area contributed by atoms with E-state index in [0.29, 0.717) is 11.2 Å². The molecule has 1 aromatic rings. The number of hydrogen-bond acceptors (Lipinski definition) is 3. The summed E-state index contributed by atoms with van der Waals surface area (Å²) in [5, 5.41) is 2.46. The molecule has 0 radical (unpaired) electrons. The average Bonchev–Trinajstić information content (AvgIpc) is 2.57. The monoisotopic (exact) mass is 211 g/mol. The Morgan fingerprint density at radius 1 is 1.64 bits per heavy atom. The molecule has 1 aliphatic heterocycles. The van der Waals surface area contributed by atoms with E-state index >= 15 is 0 Å². The summed E-state index contributed by atoms with van der Waals surface area (Å²) < 4.78 is 0. The van der Waals surface area contributed by atoms with Crippen molar-refractivity contribution in [3.05, 3.63) is 28.5 Å². The van der Waals surface area contributed by atoms with Crippen LogP contribution in [0.3, 0.4) is 0 Å². The van der Waals surface area contributed by atoms with E-state index in [4.69, 9.17) is 17.4 Å².